The minimum absolute atomic E-state index is 0.133. The summed E-state index contributed by atoms with van der Waals surface area (Å²) in [6.07, 6.45) is 0.779. The number of hydrogen-bond acceptors (Lipinski definition) is 4. The van der Waals surface area contributed by atoms with E-state index in [2.05, 4.69) is 63.3 Å². The minimum Gasteiger partial charge on any atom is -0.403 e. The predicted molar refractivity (Wildman–Crippen MR) is 108 cm³/mol. The van der Waals surface area contributed by atoms with Gasteiger partial charge in [0.1, 0.15) is 0 Å². The molecule has 0 amide bonds. The molecule has 0 unspecified atom stereocenters. The molecule has 2 atom stereocenters. The molecule has 2 aliphatic heterocycles. The van der Waals surface area contributed by atoms with E-state index in [1.165, 1.54) is 11.1 Å². The van der Waals surface area contributed by atoms with Crippen LogP contribution in [0.5, 0.6) is 0 Å². The summed E-state index contributed by atoms with van der Waals surface area (Å²) in [4.78, 5) is 0. The molecule has 2 aromatic carbocycles. The number of rotatable bonds is 3. The second-order valence-corrected chi connectivity index (χ2v) is 8.47. The van der Waals surface area contributed by atoms with Crippen LogP contribution >= 0.6 is 0 Å². The third-order valence-corrected chi connectivity index (χ3v) is 6.22. The van der Waals surface area contributed by atoms with Crippen LogP contribution in [0.2, 0.25) is 6.32 Å². The van der Waals surface area contributed by atoms with E-state index in [1.54, 1.807) is 0 Å². The molecule has 2 heterocycles. The third kappa shape index (κ3) is 3.14. The van der Waals surface area contributed by atoms with Crippen LogP contribution < -0.4 is 5.32 Å². The SMILES string of the molecule is CC1(C)OB(C[C@@H]2c3ccccc3N[C@@H]2c2ccc(C#N)cc2)OC1(C)C. The van der Waals surface area contributed by atoms with Gasteiger partial charge in [-0.05, 0) is 63.3 Å². The summed E-state index contributed by atoms with van der Waals surface area (Å²) in [6, 6.07) is 18.6. The van der Waals surface area contributed by atoms with Gasteiger partial charge in [-0.15, -0.1) is 0 Å². The molecule has 0 bridgehead atoms. The van der Waals surface area contributed by atoms with Crippen LogP contribution in [0.25, 0.3) is 0 Å². The summed E-state index contributed by atoms with van der Waals surface area (Å²) in [5.41, 5.74) is 3.65. The monoisotopic (exact) mass is 360 g/mol. The molecule has 1 N–H and O–H groups in total. The highest BCUT2D eigenvalue weighted by Crippen LogP contribution is 2.49. The maximum Gasteiger partial charge on any atom is 0.458 e. The minimum atomic E-state index is -0.326. The number of fused-ring (bicyclic) bond motifs is 1. The predicted octanol–water partition coefficient (Wildman–Crippen LogP) is 4.90. The molecule has 4 rings (SSSR count). The van der Waals surface area contributed by atoms with Gasteiger partial charge < -0.3 is 14.6 Å². The molecule has 138 valence electrons. The molecular weight excluding hydrogens is 335 g/mol. The Labute approximate surface area is 161 Å². The van der Waals surface area contributed by atoms with Crippen LogP contribution in [0, 0.1) is 11.3 Å². The Morgan fingerprint density at radius 1 is 1.00 bits per heavy atom. The molecular formula is C22H25BN2O2. The van der Waals surface area contributed by atoms with Crippen molar-refractivity contribution in [3.63, 3.8) is 0 Å². The van der Waals surface area contributed by atoms with Crippen LogP contribution in [0.3, 0.4) is 0 Å². The molecule has 4 nitrogen and oxygen atoms in total. The zero-order valence-electron chi connectivity index (χ0n) is 16.3. The summed E-state index contributed by atoms with van der Waals surface area (Å²) >= 11 is 0. The van der Waals surface area contributed by atoms with Crippen LogP contribution in [-0.4, -0.2) is 18.3 Å². The van der Waals surface area contributed by atoms with E-state index >= 15 is 0 Å². The lowest BCUT2D eigenvalue weighted by atomic mass is 9.72. The standard InChI is InChI=1S/C22H25BN2O2/c1-21(2)22(3,4)27-23(26-21)13-18-17-7-5-6-8-19(17)25-20(18)16-11-9-15(14-24)10-12-16/h5-12,18,20,25H,13H2,1-4H3/t18-,20-/m1/s1. The number of benzene rings is 2. The van der Waals surface area contributed by atoms with Crippen molar-refractivity contribution >= 4 is 12.8 Å². The highest BCUT2D eigenvalue weighted by Gasteiger charge is 2.52. The van der Waals surface area contributed by atoms with Crippen LogP contribution in [0.1, 0.15) is 56.3 Å². The summed E-state index contributed by atoms with van der Waals surface area (Å²) in [6.45, 7) is 8.36. The van der Waals surface area contributed by atoms with Crippen LogP contribution in [-0.2, 0) is 9.31 Å². The Morgan fingerprint density at radius 2 is 1.63 bits per heavy atom. The molecule has 5 heteroatoms. The number of nitrogens with zero attached hydrogens (tertiary/aromatic N) is 1. The first kappa shape index (κ1) is 18.1. The summed E-state index contributed by atoms with van der Waals surface area (Å²) < 4.78 is 12.5. The lowest BCUT2D eigenvalue weighted by Gasteiger charge is -2.32. The van der Waals surface area contributed by atoms with Crippen molar-refractivity contribution in [3.8, 4) is 6.07 Å². The molecule has 1 fully saturated rings. The Kier molecular flexibility index (Phi) is 4.29. The summed E-state index contributed by atoms with van der Waals surface area (Å²) in [5, 5.41) is 12.7. The van der Waals surface area contributed by atoms with Gasteiger partial charge in [0, 0.05) is 11.6 Å². The molecule has 27 heavy (non-hydrogen) atoms. The molecule has 1 saturated heterocycles. The van der Waals surface area contributed by atoms with Crippen molar-refractivity contribution in [1.82, 2.24) is 0 Å². The maximum absolute atomic E-state index is 9.08. The van der Waals surface area contributed by atoms with Crippen LogP contribution in [0.15, 0.2) is 48.5 Å². The van der Waals surface area contributed by atoms with E-state index in [1.807, 2.05) is 24.3 Å². The van der Waals surface area contributed by atoms with Gasteiger partial charge in [0.05, 0.1) is 28.9 Å². The molecule has 2 aromatic rings. The van der Waals surface area contributed by atoms with Crippen LogP contribution in [0.4, 0.5) is 5.69 Å². The van der Waals surface area contributed by atoms with Gasteiger partial charge in [-0.25, -0.2) is 0 Å². The van der Waals surface area contributed by atoms with Crippen molar-refractivity contribution in [2.75, 3.05) is 5.32 Å². The van der Waals surface area contributed by atoms with Crippen molar-refractivity contribution in [2.45, 2.75) is 57.2 Å². The van der Waals surface area contributed by atoms with E-state index in [4.69, 9.17) is 14.6 Å². The lowest BCUT2D eigenvalue weighted by Crippen LogP contribution is -2.41. The fraction of sp³-hybridized carbons (Fsp3) is 0.409. The average Bonchev–Trinajstić information content (AvgIpc) is 3.09. The highest BCUT2D eigenvalue weighted by atomic mass is 16.7. The number of para-hydroxylation sites is 1. The highest BCUT2D eigenvalue weighted by molar-refractivity contribution is 6.45. The molecule has 2 aliphatic rings. The fourth-order valence-electron chi connectivity index (χ4n) is 4.01. The molecule has 0 aromatic heterocycles. The van der Waals surface area contributed by atoms with Gasteiger partial charge in [0.2, 0.25) is 0 Å². The number of nitriles is 1. The van der Waals surface area contributed by atoms with E-state index in [-0.39, 0.29) is 30.3 Å². The van der Waals surface area contributed by atoms with E-state index in [0.717, 1.165) is 12.0 Å². The molecule has 0 radical (unpaired) electrons. The van der Waals surface area contributed by atoms with Gasteiger partial charge in [0.15, 0.2) is 0 Å². The van der Waals surface area contributed by atoms with Gasteiger partial charge in [-0.2, -0.15) is 5.26 Å². The normalized spacial score (nSPS) is 24.9. The first-order chi connectivity index (χ1) is 12.8. The zero-order valence-corrected chi connectivity index (χ0v) is 16.3. The molecule has 0 spiro atoms. The largest absolute Gasteiger partial charge is 0.458 e. The van der Waals surface area contributed by atoms with E-state index < -0.39 is 0 Å². The maximum atomic E-state index is 9.08. The van der Waals surface area contributed by atoms with Gasteiger partial charge >= 0.3 is 7.12 Å². The average molecular weight is 360 g/mol. The topological polar surface area (TPSA) is 54.3 Å². The Morgan fingerprint density at radius 3 is 2.26 bits per heavy atom. The summed E-state index contributed by atoms with van der Waals surface area (Å²) in [7, 11) is -0.242. The number of hydrogen-bond donors (Lipinski definition) is 1. The fourth-order valence-corrected chi connectivity index (χ4v) is 4.01. The summed E-state index contributed by atoms with van der Waals surface area (Å²) in [5.74, 6) is 0.240. The van der Waals surface area contributed by atoms with E-state index in [0.29, 0.717) is 5.56 Å². The van der Waals surface area contributed by atoms with Crippen molar-refractivity contribution in [3.05, 3.63) is 65.2 Å². The Hall–Kier alpha value is -2.29. The first-order valence-electron chi connectivity index (χ1n) is 9.52. The van der Waals surface area contributed by atoms with Crippen molar-refractivity contribution in [1.29, 1.82) is 5.26 Å². The van der Waals surface area contributed by atoms with E-state index in [9.17, 15) is 0 Å². The lowest BCUT2D eigenvalue weighted by molar-refractivity contribution is 0.00578. The molecule has 0 saturated carbocycles. The zero-order chi connectivity index (χ0) is 19.2. The second kappa shape index (κ2) is 6.40. The quantitative estimate of drug-likeness (QED) is 0.791. The number of nitrogens with one attached hydrogen (secondary N) is 1. The third-order valence-electron chi connectivity index (χ3n) is 6.22. The smallest absolute Gasteiger partial charge is 0.403 e. The van der Waals surface area contributed by atoms with Crippen molar-refractivity contribution < 1.29 is 9.31 Å². The van der Waals surface area contributed by atoms with Gasteiger partial charge in [0.25, 0.3) is 0 Å². The Bertz CT molecular complexity index is 870. The molecule has 0 aliphatic carbocycles. The first-order valence-corrected chi connectivity index (χ1v) is 9.52. The Balaban J connectivity index is 1.63. The van der Waals surface area contributed by atoms with Crippen molar-refractivity contribution in [2.24, 2.45) is 0 Å². The van der Waals surface area contributed by atoms with Gasteiger partial charge in [-0.3, -0.25) is 0 Å². The van der Waals surface area contributed by atoms with Gasteiger partial charge in [-0.1, -0.05) is 30.3 Å². The number of anilines is 1. The second-order valence-electron chi connectivity index (χ2n) is 8.47.